The number of aliphatic carboxylic acids is 1. The van der Waals surface area contributed by atoms with E-state index in [4.69, 9.17) is 10.8 Å². The van der Waals surface area contributed by atoms with Crippen LogP contribution in [0.3, 0.4) is 0 Å². The molecular formula is C10H11NO2. The highest BCUT2D eigenvalue weighted by Gasteiger charge is 2.15. The summed E-state index contributed by atoms with van der Waals surface area (Å²) in [7, 11) is 0. The Labute approximate surface area is 76.5 Å². The summed E-state index contributed by atoms with van der Waals surface area (Å²) in [6.45, 7) is 3.58. The molecule has 13 heavy (non-hydrogen) atoms. The van der Waals surface area contributed by atoms with Crippen molar-refractivity contribution in [3.8, 4) is 0 Å². The normalized spacial score (nSPS) is 12.1. The summed E-state index contributed by atoms with van der Waals surface area (Å²) in [5.41, 5.74) is 6.82. The Balaban J connectivity index is 3.12. The van der Waals surface area contributed by atoms with E-state index < -0.39 is 12.0 Å². The van der Waals surface area contributed by atoms with Crippen LogP contribution >= 0.6 is 0 Å². The number of rotatable bonds is 3. The lowest BCUT2D eigenvalue weighted by Crippen LogP contribution is -2.21. The second-order valence-corrected chi connectivity index (χ2v) is 2.65. The van der Waals surface area contributed by atoms with Crippen LogP contribution in [0.2, 0.25) is 0 Å². The highest BCUT2D eigenvalue weighted by atomic mass is 16.4. The molecule has 0 fully saturated rings. The minimum atomic E-state index is -1.03. The van der Waals surface area contributed by atoms with Gasteiger partial charge in [0.1, 0.15) is 6.04 Å². The van der Waals surface area contributed by atoms with E-state index >= 15 is 0 Å². The molecule has 1 atom stereocenters. The fraction of sp³-hybridized carbons (Fsp3) is 0.100. The van der Waals surface area contributed by atoms with Gasteiger partial charge in [-0.05, 0) is 11.1 Å². The highest BCUT2D eigenvalue weighted by molar-refractivity contribution is 5.77. The van der Waals surface area contributed by atoms with Crippen molar-refractivity contribution in [2.45, 2.75) is 6.04 Å². The van der Waals surface area contributed by atoms with E-state index in [1.807, 2.05) is 6.07 Å². The molecule has 0 saturated carbocycles. The van der Waals surface area contributed by atoms with Crippen molar-refractivity contribution >= 4 is 12.0 Å². The molecule has 0 amide bonds. The molecule has 3 N–H and O–H groups in total. The molecule has 1 unspecified atom stereocenters. The molecule has 3 heteroatoms. The van der Waals surface area contributed by atoms with Crippen molar-refractivity contribution < 1.29 is 9.90 Å². The molecule has 1 aromatic rings. The van der Waals surface area contributed by atoms with Gasteiger partial charge in [0.25, 0.3) is 0 Å². The van der Waals surface area contributed by atoms with Gasteiger partial charge in [-0.15, -0.1) is 0 Å². The van der Waals surface area contributed by atoms with Crippen molar-refractivity contribution in [2.24, 2.45) is 5.73 Å². The molecule has 0 aromatic heterocycles. The zero-order valence-electron chi connectivity index (χ0n) is 7.10. The maximum absolute atomic E-state index is 10.6. The molecule has 3 nitrogen and oxygen atoms in total. The second-order valence-electron chi connectivity index (χ2n) is 2.65. The molecular weight excluding hydrogens is 166 g/mol. The summed E-state index contributed by atoms with van der Waals surface area (Å²) >= 11 is 0. The number of nitrogens with two attached hydrogens (primary N) is 1. The number of carboxylic acids is 1. The maximum Gasteiger partial charge on any atom is 0.325 e. The van der Waals surface area contributed by atoms with Gasteiger partial charge >= 0.3 is 5.97 Å². The first-order chi connectivity index (χ1) is 6.16. The van der Waals surface area contributed by atoms with E-state index in [0.29, 0.717) is 5.56 Å². The Hall–Kier alpha value is -1.61. The predicted octanol–water partition coefficient (Wildman–Crippen LogP) is 1.41. The SMILES string of the molecule is C=Cc1ccccc1C(N)C(=O)O. The number of carbonyl (C=O) groups is 1. The van der Waals surface area contributed by atoms with E-state index in [1.54, 1.807) is 24.3 Å². The molecule has 0 bridgehead atoms. The topological polar surface area (TPSA) is 63.3 Å². The fourth-order valence-electron chi connectivity index (χ4n) is 1.11. The van der Waals surface area contributed by atoms with Crippen LogP contribution < -0.4 is 5.73 Å². The van der Waals surface area contributed by atoms with Gasteiger partial charge in [0, 0.05) is 0 Å². The van der Waals surface area contributed by atoms with Crippen LogP contribution in [0.5, 0.6) is 0 Å². The Morgan fingerprint density at radius 2 is 2.15 bits per heavy atom. The second kappa shape index (κ2) is 3.87. The van der Waals surface area contributed by atoms with E-state index in [-0.39, 0.29) is 0 Å². The third kappa shape index (κ3) is 1.95. The van der Waals surface area contributed by atoms with Crippen LogP contribution in [-0.2, 0) is 4.79 Å². The van der Waals surface area contributed by atoms with Crippen LogP contribution in [0.25, 0.3) is 6.08 Å². The van der Waals surface area contributed by atoms with Crippen LogP contribution in [0.15, 0.2) is 30.8 Å². The molecule has 0 heterocycles. The van der Waals surface area contributed by atoms with Crippen molar-refractivity contribution in [2.75, 3.05) is 0 Å². The summed E-state index contributed by atoms with van der Waals surface area (Å²) < 4.78 is 0. The van der Waals surface area contributed by atoms with E-state index in [9.17, 15) is 4.79 Å². The van der Waals surface area contributed by atoms with Crippen LogP contribution in [-0.4, -0.2) is 11.1 Å². The summed E-state index contributed by atoms with van der Waals surface area (Å²) in [5.74, 6) is -1.03. The number of benzene rings is 1. The average Bonchev–Trinajstić information content (AvgIpc) is 2.16. The average molecular weight is 177 g/mol. The van der Waals surface area contributed by atoms with Crippen molar-refractivity contribution in [3.63, 3.8) is 0 Å². The van der Waals surface area contributed by atoms with Crippen LogP contribution in [0, 0.1) is 0 Å². The summed E-state index contributed by atoms with van der Waals surface area (Å²) in [4.78, 5) is 10.6. The van der Waals surface area contributed by atoms with Crippen molar-refractivity contribution in [3.05, 3.63) is 42.0 Å². The maximum atomic E-state index is 10.6. The zero-order valence-corrected chi connectivity index (χ0v) is 7.10. The van der Waals surface area contributed by atoms with Crippen molar-refractivity contribution in [1.29, 1.82) is 0 Å². The molecule has 68 valence electrons. The monoisotopic (exact) mass is 177 g/mol. The van der Waals surface area contributed by atoms with Gasteiger partial charge in [-0.1, -0.05) is 36.9 Å². The molecule has 0 aliphatic rings. The van der Waals surface area contributed by atoms with Crippen LogP contribution in [0.1, 0.15) is 17.2 Å². The highest BCUT2D eigenvalue weighted by Crippen LogP contribution is 2.16. The van der Waals surface area contributed by atoms with Gasteiger partial charge in [-0.3, -0.25) is 4.79 Å². The number of hydrogen-bond donors (Lipinski definition) is 2. The molecule has 0 spiro atoms. The molecule has 0 saturated heterocycles. The van der Waals surface area contributed by atoms with Gasteiger partial charge in [-0.25, -0.2) is 0 Å². The molecule has 0 aliphatic carbocycles. The lowest BCUT2D eigenvalue weighted by Gasteiger charge is -2.09. The number of carboxylic acid groups (broad SMARTS) is 1. The molecule has 0 radical (unpaired) electrons. The smallest absolute Gasteiger partial charge is 0.325 e. The Morgan fingerprint density at radius 3 is 2.69 bits per heavy atom. The lowest BCUT2D eigenvalue weighted by atomic mass is 10.0. The van der Waals surface area contributed by atoms with Crippen molar-refractivity contribution in [1.82, 2.24) is 0 Å². The van der Waals surface area contributed by atoms with E-state index in [1.165, 1.54) is 0 Å². The largest absolute Gasteiger partial charge is 0.480 e. The van der Waals surface area contributed by atoms with E-state index in [0.717, 1.165) is 5.56 Å². The minimum absolute atomic E-state index is 0.588. The first kappa shape index (κ1) is 9.48. The molecule has 1 aromatic carbocycles. The van der Waals surface area contributed by atoms with Gasteiger partial charge < -0.3 is 10.8 Å². The third-order valence-corrected chi connectivity index (χ3v) is 1.82. The van der Waals surface area contributed by atoms with Gasteiger partial charge in [0.2, 0.25) is 0 Å². The first-order valence-electron chi connectivity index (χ1n) is 3.86. The van der Waals surface area contributed by atoms with Gasteiger partial charge in [0.05, 0.1) is 0 Å². The standard InChI is InChI=1S/C10H11NO2/c1-2-7-5-3-4-6-8(7)9(11)10(12)13/h2-6,9H,1,11H2,(H,12,13). The fourth-order valence-corrected chi connectivity index (χ4v) is 1.11. The Bertz CT molecular complexity index is 333. The quantitative estimate of drug-likeness (QED) is 0.733. The molecule has 1 rings (SSSR count). The molecule has 0 aliphatic heterocycles. The van der Waals surface area contributed by atoms with Gasteiger partial charge in [0.15, 0.2) is 0 Å². The third-order valence-electron chi connectivity index (χ3n) is 1.82. The summed E-state index contributed by atoms with van der Waals surface area (Å²) in [6, 6.07) is 6.07. The van der Waals surface area contributed by atoms with E-state index in [2.05, 4.69) is 6.58 Å². The first-order valence-corrected chi connectivity index (χ1v) is 3.86. The van der Waals surface area contributed by atoms with Gasteiger partial charge in [-0.2, -0.15) is 0 Å². The Kier molecular flexibility index (Phi) is 2.82. The lowest BCUT2D eigenvalue weighted by molar-refractivity contribution is -0.138. The summed E-state index contributed by atoms with van der Waals surface area (Å²) in [6.07, 6.45) is 1.60. The van der Waals surface area contributed by atoms with Crippen LogP contribution in [0.4, 0.5) is 0 Å². The summed E-state index contributed by atoms with van der Waals surface area (Å²) in [5, 5.41) is 8.70. The Morgan fingerprint density at radius 1 is 1.54 bits per heavy atom. The predicted molar refractivity (Wildman–Crippen MR) is 51.1 cm³/mol. The number of hydrogen-bond acceptors (Lipinski definition) is 2. The zero-order chi connectivity index (χ0) is 9.84. The minimum Gasteiger partial charge on any atom is -0.480 e.